The van der Waals surface area contributed by atoms with E-state index < -0.39 is 11.2 Å². The highest BCUT2D eigenvalue weighted by Crippen LogP contribution is 2.38. The van der Waals surface area contributed by atoms with Crippen LogP contribution in [0.4, 0.5) is 13.2 Å². The second kappa shape index (κ2) is 6.41. The van der Waals surface area contributed by atoms with Gasteiger partial charge in [-0.25, -0.2) is 4.98 Å². The fraction of sp³-hybridized carbons (Fsp3) is 0.769. The van der Waals surface area contributed by atoms with Gasteiger partial charge in [0.05, 0.1) is 6.04 Å². The Labute approximate surface area is 122 Å². The number of thiazole rings is 1. The van der Waals surface area contributed by atoms with Gasteiger partial charge in [-0.05, 0) is 34.0 Å². The van der Waals surface area contributed by atoms with Crippen LogP contribution in [-0.4, -0.2) is 35.6 Å². The molecule has 0 bridgehead atoms. The predicted molar refractivity (Wildman–Crippen MR) is 75.9 cm³/mol. The third kappa shape index (κ3) is 3.51. The second-order valence-corrected chi connectivity index (χ2v) is 6.18. The van der Waals surface area contributed by atoms with Crippen molar-refractivity contribution >= 4 is 11.3 Å². The molecule has 0 aromatic carbocycles. The minimum atomic E-state index is -4.37. The number of alkyl halides is 3. The molecule has 116 valence electrons. The molecule has 1 atom stereocenters. The maximum atomic E-state index is 12.7. The fourth-order valence-electron chi connectivity index (χ4n) is 2.62. The monoisotopic (exact) mass is 309 g/mol. The van der Waals surface area contributed by atoms with Gasteiger partial charge in [-0.2, -0.15) is 13.2 Å². The van der Waals surface area contributed by atoms with Gasteiger partial charge in [0.15, 0.2) is 5.01 Å². The lowest BCUT2D eigenvalue weighted by molar-refractivity contribution is -0.137. The molecule has 0 spiro atoms. The van der Waals surface area contributed by atoms with Gasteiger partial charge < -0.3 is 5.32 Å². The number of nitrogens with one attached hydrogen (secondary N) is 1. The number of hydrogen-bond acceptors (Lipinski definition) is 4. The first-order valence-corrected chi connectivity index (χ1v) is 7.45. The van der Waals surface area contributed by atoms with Crippen molar-refractivity contribution in [2.75, 3.05) is 20.1 Å². The van der Waals surface area contributed by atoms with Crippen LogP contribution < -0.4 is 5.32 Å². The van der Waals surface area contributed by atoms with Crippen molar-refractivity contribution in [1.29, 1.82) is 0 Å². The molecule has 1 aromatic rings. The molecule has 0 aliphatic heterocycles. The minimum absolute atomic E-state index is 0.198. The maximum absolute atomic E-state index is 12.7. The molecule has 3 nitrogen and oxygen atoms in total. The highest BCUT2D eigenvalue weighted by Gasteiger charge is 2.39. The van der Waals surface area contributed by atoms with Crippen LogP contribution in [0.5, 0.6) is 0 Å². The Kier molecular flexibility index (Phi) is 5.57. The van der Waals surface area contributed by atoms with Crippen LogP contribution in [0.15, 0.2) is 6.20 Å². The first kappa shape index (κ1) is 17.4. The summed E-state index contributed by atoms with van der Waals surface area (Å²) < 4.78 is 38.0. The molecule has 0 saturated heterocycles. The number of rotatable bonds is 6. The Morgan fingerprint density at radius 1 is 1.30 bits per heavy atom. The van der Waals surface area contributed by atoms with Crippen molar-refractivity contribution in [1.82, 2.24) is 15.2 Å². The lowest BCUT2D eigenvalue weighted by Crippen LogP contribution is -2.51. The van der Waals surface area contributed by atoms with Crippen molar-refractivity contribution in [3.05, 3.63) is 16.1 Å². The largest absolute Gasteiger partial charge is 0.443 e. The van der Waals surface area contributed by atoms with E-state index in [1.807, 2.05) is 27.7 Å². The van der Waals surface area contributed by atoms with Crippen LogP contribution in [-0.2, 0) is 6.18 Å². The molecule has 1 aromatic heterocycles. The second-order valence-electron chi connectivity index (χ2n) is 5.11. The van der Waals surface area contributed by atoms with Crippen LogP contribution in [0.1, 0.15) is 43.6 Å². The average molecular weight is 309 g/mol. The van der Waals surface area contributed by atoms with Gasteiger partial charge in [-0.1, -0.05) is 13.8 Å². The summed E-state index contributed by atoms with van der Waals surface area (Å²) in [5, 5.41) is 2.35. The van der Waals surface area contributed by atoms with Gasteiger partial charge in [0, 0.05) is 16.6 Å². The number of hydrogen-bond donors (Lipinski definition) is 1. The van der Waals surface area contributed by atoms with Crippen LogP contribution in [0.2, 0.25) is 0 Å². The molecule has 1 N–H and O–H groups in total. The summed E-state index contributed by atoms with van der Waals surface area (Å²) in [6.45, 7) is 9.85. The molecule has 1 unspecified atom stereocenters. The summed E-state index contributed by atoms with van der Waals surface area (Å²) >= 11 is 0.712. The molecule has 0 amide bonds. The van der Waals surface area contributed by atoms with Crippen molar-refractivity contribution in [3.8, 4) is 0 Å². The molecule has 20 heavy (non-hydrogen) atoms. The maximum Gasteiger partial charge on any atom is 0.443 e. The van der Waals surface area contributed by atoms with E-state index in [2.05, 4.69) is 15.2 Å². The summed E-state index contributed by atoms with van der Waals surface area (Å²) in [5.41, 5.74) is -0.298. The number of nitrogens with zero attached hydrogens (tertiary/aromatic N) is 2. The molecule has 0 aliphatic rings. The Hall–Kier alpha value is -0.660. The lowest BCUT2D eigenvalue weighted by atomic mass is 9.91. The highest BCUT2D eigenvalue weighted by atomic mass is 32.1. The van der Waals surface area contributed by atoms with E-state index in [4.69, 9.17) is 0 Å². The van der Waals surface area contributed by atoms with Gasteiger partial charge in [0.1, 0.15) is 0 Å². The molecule has 1 heterocycles. The van der Waals surface area contributed by atoms with Gasteiger partial charge in [-0.15, -0.1) is 11.3 Å². The summed E-state index contributed by atoms with van der Waals surface area (Å²) in [6, 6.07) is -0.198. The SMILES string of the molecule is CCN(CC)C(C)(C)C(NC)c1cnc(C(F)(F)F)s1. The summed E-state index contributed by atoms with van der Waals surface area (Å²) in [5.74, 6) is 0. The van der Waals surface area contributed by atoms with Crippen molar-refractivity contribution in [3.63, 3.8) is 0 Å². The lowest BCUT2D eigenvalue weighted by Gasteiger charge is -2.42. The van der Waals surface area contributed by atoms with E-state index >= 15 is 0 Å². The average Bonchev–Trinajstić information content (AvgIpc) is 2.79. The molecular formula is C13H22F3N3S. The number of halogens is 3. The first-order valence-electron chi connectivity index (χ1n) is 6.63. The van der Waals surface area contributed by atoms with Crippen LogP contribution in [0, 0.1) is 0 Å². The quantitative estimate of drug-likeness (QED) is 0.871. The standard InChI is InChI=1S/C13H22F3N3S/c1-6-19(7-2)12(3,4)10(17-5)9-8-18-11(20-9)13(14,15)16/h8,10,17H,6-7H2,1-5H3. The Bertz CT molecular complexity index is 425. The molecule has 7 heteroatoms. The third-order valence-corrected chi connectivity index (χ3v) is 4.73. The first-order chi connectivity index (χ1) is 9.18. The molecule has 0 saturated carbocycles. The van der Waals surface area contributed by atoms with Crippen molar-refractivity contribution in [2.45, 2.75) is 45.5 Å². The van der Waals surface area contributed by atoms with E-state index in [9.17, 15) is 13.2 Å². The van der Waals surface area contributed by atoms with Gasteiger partial charge in [0.2, 0.25) is 0 Å². The van der Waals surface area contributed by atoms with E-state index in [1.165, 1.54) is 6.20 Å². The minimum Gasteiger partial charge on any atom is -0.311 e. The highest BCUT2D eigenvalue weighted by molar-refractivity contribution is 7.11. The Balaban J connectivity index is 3.10. The van der Waals surface area contributed by atoms with E-state index in [0.29, 0.717) is 16.2 Å². The Morgan fingerprint density at radius 2 is 1.85 bits per heavy atom. The van der Waals surface area contributed by atoms with Crippen LogP contribution in [0.3, 0.4) is 0 Å². The zero-order valence-electron chi connectivity index (χ0n) is 12.5. The number of likely N-dealkylation sites (N-methyl/N-ethyl adjacent to an activating group) is 2. The van der Waals surface area contributed by atoms with E-state index in [-0.39, 0.29) is 11.6 Å². The zero-order valence-corrected chi connectivity index (χ0v) is 13.3. The summed E-state index contributed by atoms with van der Waals surface area (Å²) in [6.07, 6.45) is -3.04. The number of aromatic nitrogens is 1. The summed E-state index contributed by atoms with van der Waals surface area (Å²) in [7, 11) is 1.77. The normalized spacial score (nSPS) is 14.8. The summed E-state index contributed by atoms with van der Waals surface area (Å²) in [4.78, 5) is 6.35. The molecule has 0 fully saturated rings. The molecule has 0 radical (unpaired) electrons. The molecule has 1 rings (SSSR count). The van der Waals surface area contributed by atoms with Gasteiger partial charge >= 0.3 is 6.18 Å². The topological polar surface area (TPSA) is 28.2 Å². The molecular weight excluding hydrogens is 287 g/mol. The van der Waals surface area contributed by atoms with E-state index in [1.54, 1.807) is 7.05 Å². The third-order valence-electron chi connectivity index (χ3n) is 3.62. The molecule has 0 aliphatic carbocycles. The van der Waals surface area contributed by atoms with E-state index in [0.717, 1.165) is 13.1 Å². The van der Waals surface area contributed by atoms with Gasteiger partial charge in [-0.3, -0.25) is 4.90 Å². The van der Waals surface area contributed by atoms with Crippen molar-refractivity contribution in [2.24, 2.45) is 0 Å². The van der Waals surface area contributed by atoms with Crippen LogP contribution in [0.25, 0.3) is 0 Å². The Morgan fingerprint density at radius 3 is 2.20 bits per heavy atom. The smallest absolute Gasteiger partial charge is 0.311 e. The fourth-order valence-corrected chi connectivity index (χ4v) is 3.69. The zero-order chi connectivity index (χ0) is 15.6. The van der Waals surface area contributed by atoms with Gasteiger partial charge in [0.25, 0.3) is 0 Å². The van der Waals surface area contributed by atoms with Crippen LogP contribution >= 0.6 is 11.3 Å². The van der Waals surface area contributed by atoms with Crippen molar-refractivity contribution < 1.29 is 13.2 Å². The predicted octanol–water partition coefficient (Wildman–Crippen LogP) is 3.54.